The van der Waals surface area contributed by atoms with Crippen molar-refractivity contribution in [1.82, 2.24) is 20.1 Å². The Labute approximate surface area is 114 Å². The van der Waals surface area contributed by atoms with Gasteiger partial charge in [-0.05, 0) is 19.1 Å². The molecule has 0 fully saturated rings. The Bertz CT molecular complexity index is 658. The number of aryl methyl sites for hydroxylation is 1. The lowest BCUT2D eigenvalue weighted by molar-refractivity contribution is 0.375. The number of rotatable bonds is 4. The minimum absolute atomic E-state index is 0.0772. The van der Waals surface area contributed by atoms with Crippen LogP contribution in [0.1, 0.15) is 30.8 Å². The maximum absolute atomic E-state index is 5.24. The molecule has 0 aliphatic rings. The number of aromatic amines is 1. The summed E-state index contributed by atoms with van der Waals surface area (Å²) < 4.78 is 5.24. The van der Waals surface area contributed by atoms with Crippen LogP contribution >= 0.6 is 11.8 Å². The Morgan fingerprint density at radius 1 is 1.32 bits per heavy atom. The van der Waals surface area contributed by atoms with Gasteiger partial charge in [0.05, 0.1) is 16.3 Å². The standard InChI is InChI=1S/C13H14N4OS/c1-3-11-16-12(18-17-11)8(2)19-13-14-9-6-4-5-7-10(9)15-13/h4-8H,3H2,1-2H3,(H,14,15)/t8-/m1/s1. The van der Waals surface area contributed by atoms with Crippen LogP contribution in [-0.2, 0) is 6.42 Å². The summed E-state index contributed by atoms with van der Waals surface area (Å²) in [6.07, 6.45) is 0.783. The first-order valence-electron chi connectivity index (χ1n) is 6.20. The fourth-order valence-electron chi connectivity index (χ4n) is 1.78. The number of imidazole rings is 1. The highest BCUT2D eigenvalue weighted by molar-refractivity contribution is 7.99. The first-order chi connectivity index (χ1) is 9.26. The summed E-state index contributed by atoms with van der Waals surface area (Å²) in [7, 11) is 0. The number of fused-ring (bicyclic) bond motifs is 1. The van der Waals surface area contributed by atoms with Crippen molar-refractivity contribution in [2.45, 2.75) is 30.7 Å². The van der Waals surface area contributed by atoms with E-state index in [0.29, 0.717) is 5.89 Å². The quantitative estimate of drug-likeness (QED) is 0.739. The average molecular weight is 274 g/mol. The highest BCUT2D eigenvalue weighted by Gasteiger charge is 2.16. The molecule has 5 nitrogen and oxygen atoms in total. The lowest BCUT2D eigenvalue weighted by Gasteiger charge is -2.02. The summed E-state index contributed by atoms with van der Waals surface area (Å²) in [5, 5.41) is 4.85. The van der Waals surface area contributed by atoms with Crippen molar-refractivity contribution in [1.29, 1.82) is 0 Å². The number of nitrogens with zero attached hydrogens (tertiary/aromatic N) is 3. The maximum atomic E-state index is 5.24. The number of nitrogens with one attached hydrogen (secondary N) is 1. The highest BCUT2D eigenvalue weighted by atomic mass is 32.2. The third kappa shape index (κ3) is 2.49. The zero-order valence-corrected chi connectivity index (χ0v) is 11.6. The molecule has 19 heavy (non-hydrogen) atoms. The minimum Gasteiger partial charge on any atom is -0.338 e. The van der Waals surface area contributed by atoms with Gasteiger partial charge in [-0.25, -0.2) is 4.98 Å². The van der Waals surface area contributed by atoms with Gasteiger partial charge in [-0.3, -0.25) is 0 Å². The molecular formula is C13H14N4OS. The Balaban J connectivity index is 1.80. The van der Waals surface area contributed by atoms with E-state index in [1.54, 1.807) is 11.8 Å². The largest absolute Gasteiger partial charge is 0.338 e. The molecule has 0 bridgehead atoms. The maximum Gasteiger partial charge on any atom is 0.239 e. The van der Waals surface area contributed by atoms with Crippen molar-refractivity contribution < 1.29 is 4.52 Å². The van der Waals surface area contributed by atoms with E-state index in [4.69, 9.17) is 4.52 Å². The van der Waals surface area contributed by atoms with Crippen LogP contribution < -0.4 is 0 Å². The molecule has 0 aliphatic heterocycles. The zero-order chi connectivity index (χ0) is 13.2. The van der Waals surface area contributed by atoms with Crippen LogP contribution in [0.15, 0.2) is 33.9 Å². The summed E-state index contributed by atoms with van der Waals surface area (Å²) in [5.41, 5.74) is 2.01. The van der Waals surface area contributed by atoms with Gasteiger partial charge in [0.15, 0.2) is 11.0 Å². The van der Waals surface area contributed by atoms with Crippen molar-refractivity contribution in [3.05, 3.63) is 36.0 Å². The number of thioether (sulfide) groups is 1. The van der Waals surface area contributed by atoms with E-state index in [1.165, 1.54) is 0 Å². The summed E-state index contributed by atoms with van der Waals surface area (Å²) >= 11 is 1.58. The van der Waals surface area contributed by atoms with Crippen molar-refractivity contribution >= 4 is 22.8 Å². The van der Waals surface area contributed by atoms with Crippen molar-refractivity contribution in [2.75, 3.05) is 0 Å². The number of hydrogen-bond donors (Lipinski definition) is 1. The van der Waals surface area contributed by atoms with Crippen LogP contribution in [0, 0.1) is 0 Å². The van der Waals surface area contributed by atoms with Crippen LogP contribution in [-0.4, -0.2) is 20.1 Å². The second kappa shape index (κ2) is 5.05. The smallest absolute Gasteiger partial charge is 0.239 e. The topological polar surface area (TPSA) is 67.6 Å². The molecule has 0 aliphatic carbocycles. The molecule has 0 radical (unpaired) electrons. The lowest BCUT2D eigenvalue weighted by atomic mass is 10.3. The van der Waals surface area contributed by atoms with Crippen LogP contribution in [0.4, 0.5) is 0 Å². The van der Waals surface area contributed by atoms with Gasteiger partial charge in [0, 0.05) is 6.42 Å². The molecule has 0 unspecified atom stereocenters. The highest BCUT2D eigenvalue weighted by Crippen LogP contribution is 2.33. The molecule has 1 atom stereocenters. The first kappa shape index (κ1) is 12.2. The fourth-order valence-corrected chi connectivity index (χ4v) is 2.63. The zero-order valence-electron chi connectivity index (χ0n) is 10.8. The van der Waals surface area contributed by atoms with Gasteiger partial charge in [0.2, 0.25) is 5.89 Å². The third-order valence-electron chi connectivity index (χ3n) is 2.80. The monoisotopic (exact) mass is 274 g/mol. The number of para-hydroxylation sites is 2. The molecule has 0 saturated heterocycles. The summed E-state index contributed by atoms with van der Waals surface area (Å²) in [4.78, 5) is 12.1. The van der Waals surface area contributed by atoms with Crippen LogP contribution in [0.3, 0.4) is 0 Å². The number of benzene rings is 1. The van der Waals surface area contributed by atoms with Gasteiger partial charge in [-0.2, -0.15) is 4.98 Å². The molecule has 3 rings (SSSR count). The van der Waals surface area contributed by atoms with E-state index in [1.807, 2.05) is 38.1 Å². The number of H-pyrrole nitrogens is 1. The van der Waals surface area contributed by atoms with E-state index >= 15 is 0 Å². The molecule has 0 spiro atoms. The predicted molar refractivity (Wildman–Crippen MR) is 74.0 cm³/mol. The molecule has 3 aromatic rings. The average Bonchev–Trinajstić information content (AvgIpc) is 3.04. The second-order valence-electron chi connectivity index (χ2n) is 4.22. The van der Waals surface area contributed by atoms with Crippen LogP contribution in [0.2, 0.25) is 0 Å². The van der Waals surface area contributed by atoms with Crippen molar-refractivity contribution in [2.24, 2.45) is 0 Å². The van der Waals surface area contributed by atoms with Crippen LogP contribution in [0.25, 0.3) is 11.0 Å². The summed E-state index contributed by atoms with van der Waals surface area (Å²) in [6.45, 7) is 4.04. The van der Waals surface area contributed by atoms with Gasteiger partial charge in [-0.15, -0.1) is 0 Å². The lowest BCUT2D eigenvalue weighted by Crippen LogP contribution is -1.90. The molecule has 0 saturated carbocycles. The second-order valence-corrected chi connectivity index (χ2v) is 5.55. The Hall–Kier alpha value is -1.82. The van der Waals surface area contributed by atoms with E-state index in [9.17, 15) is 0 Å². The van der Waals surface area contributed by atoms with Gasteiger partial charge in [-0.1, -0.05) is 36.0 Å². The first-order valence-corrected chi connectivity index (χ1v) is 7.08. The van der Waals surface area contributed by atoms with Gasteiger partial charge < -0.3 is 9.51 Å². The molecule has 1 N–H and O–H groups in total. The predicted octanol–water partition coefficient (Wildman–Crippen LogP) is 3.36. The summed E-state index contributed by atoms with van der Waals surface area (Å²) in [6, 6.07) is 7.97. The Kier molecular flexibility index (Phi) is 3.25. The van der Waals surface area contributed by atoms with E-state index in [-0.39, 0.29) is 5.25 Å². The third-order valence-corrected chi connectivity index (χ3v) is 3.78. The fraction of sp³-hybridized carbons (Fsp3) is 0.308. The normalized spacial score (nSPS) is 12.9. The molecule has 0 amide bonds. The number of aromatic nitrogens is 4. The molecule has 1 aromatic carbocycles. The number of hydrogen-bond acceptors (Lipinski definition) is 5. The molecule has 6 heteroatoms. The van der Waals surface area contributed by atoms with Crippen molar-refractivity contribution in [3.63, 3.8) is 0 Å². The Morgan fingerprint density at radius 3 is 2.89 bits per heavy atom. The van der Waals surface area contributed by atoms with E-state index in [0.717, 1.165) is 28.4 Å². The van der Waals surface area contributed by atoms with E-state index in [2.05, 4.69) is 20.1 Å². The SMILES string of the molecule is CCc1noc([C@@H](C)Sc2nc3ccccc3[nH]2)n1. The van der Waals surface area contributed by atoms with Crippen LogP contribution in [0.5, 0.6) is 0 Å². The van der Waals surface area contributed by atoms with Gasteiger partial charge in [0.1, 0.15) is 0 Å². The van der Waals surface area contributed by atoms with Crippen molar-refractivity contribution in [3.8, 4) is 0 Å². The molecule has 98 valence electrons. The van der Waals surface area contributed by atoms with E-state index < -0.39 is 0 Å². The van der Waals surface area contributed by atoms with Gasteiger partial charge >= 0.3 is 0 Å². The summed E-state index contributed by atoms with van der Waals surface area (Å²) in [5.74, 6) is 1.38. The molecular weight excluding hydrogens is 260 g/mol. The molecule has 2 heterocycles. The Morgan fingerprint density at radius 2 is 2.16 bits per heavy atom. The molecule has 2 aromatic heterocycles. The minimum atomic E-state index is 0.0772. The van der Waals surface area contributed by atoms with Gasteiger partial charge in [0.25, 0.3) is 0 Å².